The molecular formula is C15H26O4Si. The van der Waals surface area contributed by atoms with Gasteiger partial charge >= 0.3 is 8.80 Å². The first-order chi connectivity index (χ1) is 9.64. The largest absolute Gasteiger partial charge is 0.537 e. The van der Waals surface area contributed by atoms with Gasteiger partial charge in [0.25, 0.3) is 0 Å². The Labute approximate surface area is 123 Å². The van der Waals surface area contributed by atoms with Crippen molar-refractivity contribution in [1.29, 1.82) is 0 Å². The number of benzene rings is 1. The third kappa shape index (κ3) is 5.34. The van der Waals surface area contributed by atoms with Crippen LogP contribution in [0.25, 0.3) is 0 Å². The summed E-state index contributed by atoms with van der Waals surface area (Å²) in [7, 11) is -2.82. The van der Waals surface area contributed by atoms with Gasteiger partial charge in [-0.25, -0.2) is 0 Å². The van der Waals surface area contributed by atoms with Crippen LogP contribution in [0.3, 0.4) is 0 Å². The summed E-state index contributed by atoms with van der Waals surface area (Å²) in [6.45, 7) is 10.1. The highest BCUT2D eigenvalue weighted by atomic mass is 28.4. The van der Waals surface area contributed by atoms with Gasteiger partial charge in [0, 0.05) is 18.4 Å². The summed E-state index contributed by atoms with van der Waals surface area (Å²) in [6, 6.07) is 9.93. The normalized spacial score (nSPS) is 12.1. The molecule has 0 fully saturated rings. The third-order valence-electron chi connectivity index (χ3n) is 2.62. The van der Waals surface area contributed by atoms with Crippen LogP contribution < -0.4 is 5.19 Å². The first-order valence-corrected chi connectivity index (χ1v) is 8.96. The van der Waals surface area contributed by atoms with Crippen molar-refractivity contribution in [3.8, 4) is 0 Å². The molecule has 0 aliphatic carbocycles. The van der Waals surface area contributed by atoms with Gasteiger partial charge in [-0.1, -0.05) is 30.3 Å². The van der Waals surface area contributed by atoms with E-state index in [1.165, 1.54) is 0 Å². The Morgan fingerprint density at radius 3 is 2.00 bits per heavy atom. The van der Waals surface area contributed by atoms with E-state index in [2.05, 4.69) is 0 Å². The number of hydrogen-bond donors (Lipinski definition) is 0. The first-order valence-electron chi connectivity index (χ1n) is 7.23. The minimum absolute atomic E-state index is 0.200. The molecule has 0 spiro atoms. The van der Waals surface area contributed by atoms with Gasteiger partial charge in [-0.3, -0.25) is 0 Å². The summed E-state index contributed by atoms with van der Waals surface area (Å²) < 4.78 is 23.3. The van der Waals surface area contributed by atoms with Gasteiger partial charge in [0.1, 0.15) is 0 Å². The minimum atomic E-state index is -2.82. The summed E-state index contributed by atoms with van der Waals surface area (Å²) in [6.07, 6.45) is 0.200. The quantitative estimate of drug-likeness (QED) is 0.491. The number of ether oxygens (including phenoxy) is 1. The zero-order valence-corrected chi connectivity index (χ0v) is 13.9. The van der Waals surface area contributed by atoms with E-state index in [-0.39, 0.29) is 6.10 Å². The van der Waals surface area contributed by atoms with Crippen molar-refractivity contribution in [3.63, 3.8) is 0 Å². The van der Waals surface area contributed by atoms with Crippen LogP contribution in [0.2, 0.25) is 0 Å². The maximum atomic E-state index is 6.02. The molecule has 0 bridgehead atoms. The van der Waals surface area contributed by atoms with Gasteiger partial charge in [-0.15, -0.1) is 0 Å². The van der Waals surface area contributed by atoms with Crippen LogP contribution in [-0.2, 0) is 18.0 Å². The lowest BCUT2D eigenvalue weighted by Crippen LogP contribution is -2.57. The predicted octanol–water partition coefficient (Wildman–Crippen LogP) is 2.35. The van der Waals surface area contributed by atoms with E-state index in [1.54, 1.807) is 0 Å². The molecule has 1 aromatic rings. The van der Waals surface area contributed by atoms with Crippen molar-refractivity contribution in [1.82, 2.24) is 0 Å². The van der Waals surface area contributed by atoms with Crippen LogP contribution in [0.15, 0.2) is 30.3 Å². The zero-order valence-electron chi connectivity index (χ0n) is 12.9. The van der Waals surface area contributed by atoms with Crippen molar-refractivity contribution < 1.29 is 18.0 Å². The van der Waals surface area contributed by atoms with Crippen molar-refractivity contribution in [3.05, 3.63) is 30.3 Å². The molecule has 20 heavy (non-hydrogen) atoms. The molecule has 0 saturated heterocycles. The Hall–Kier alpha value is -0.723. The Kier molecular flexibility index (Phi) is 8.02. The van der Waals surface area contributed by atoms with Crippen LogP contribution in [0, 0.1) is 0 Å². The molecule has 0 aliphatic rings. The lowest BCUT2D eigenvalue weighted by Gasteiger charge is -2.29. The second kappa shape index (κ2) is 9.26. The fraction of sp³-hybridized carbons (Fsp3) is 0.600. The first kappa shape index (κ1) is 17.3. The van der Waals surface area contributed by atoms with E-state index in [4.69, 9.17) is 18.0 Å². The Morgan fingerprint density at radius 1 is 0.900 bits per heavy atom. The molecule has 4 nitrogen and oxygen atoms in total. The van der Waals surface area contributed by atoms with E-state index in [0.717, 1.165) is 5.19 Å². The summed E-state index contributed by atoms with van der Waals surface area (Å²) in [5.74, 6) is 0. The van der Waals surface area contributed by atoms with E-state index in [1.807, 2.05) is 58.0 Å². The molecule has 1 aromatic carbocycles. The van der Waals surface area contributed by atoms with E-state index in [0.29, 0.717) is 26.4 Å². The van der Waals surface area contributed by atoms with Gasteiger partial charge in [0.15, 0.2) is 0 Å². The van der Waals surface area contributed by atoms with E-state index >= 15 is 0 Å². The van der Waals surface area contributed by atoms with Crippen LogP contribution in [0.1, 0.15) is 27.7 Å². The van der Waals surface area contributed by atoms with Gasteiger partial charge in [-0.05, 0) is 27.7 Å². The fourth-order valence-corrected chi connectivity index (χ4v) is 4.32. The molecule has 0 atom stereocenters. The average molecular weight is 298 g/mol. The predicted molar refractivity (Wildman–Crippen MR) is 82.1 cm³/mol. The molecule has 0 aromatic heterocycles. The molecule has 0 radical (unpaired) electrons. The zero-order chi connectivity index (χ0) is 14.8. The molecule has 0 unspecified atom stereocenters. The highest BCUT2D eigenvalue weighted by molar-refractivity contribution is 6.75. The van der Waals surface area contributed by atoms with Gasteiger partial charge in [0.05, 0.1) is 19.3 Å². The van der Waals surface area contributed by atoms with E-state index in [9.17, 15) is 0 Å². The van der Waals surface area contributed by atoms with Crippen molar-refractivity contribution in [2.24, 2.45) is 0 Å². The van der Waals surface area contributed by atoms with Crippen LogP contribution >= 0.6 is 0 Å². The summed E-state index contributed by atoms with van der Waals surface area (Å²) >= 11 is 0. The molecule has 5 heteroatoms. The van der Waals surface area contributed by atoms with Crippen molar-refractivity contribution in [2.75, 3.05) is 26.4 Å². The summed E-state index contributed by atoms with van der Waals surface area (Å²) in [5.41, 5.74) is 0. The Balaban J connectivity index is 2.77. The Bertz CT molecular complexity index is 350. The molecule has 0 heterocycles. The molecular weight excluding hydrogens is 272 g/mol. The SMILES string of the molecule is CCO[Si](OCC)(OCCOC(C)C)c1ccccc1. The number of hydrogen-bond acceptors (Lipinski definition) is 4. The highest BCUT2D eigenvalue weighted by Gasteiger charge is 2.43. The number of rotatable bonds is 10. The molecule has 0 saturated carbocycles. The third-order valence-corrected chi connectivity index (χ3v) is 5.58. The molecule has 114 valence electrons. The molecule has 0 amide bonds. The van der Waals surface area contributed by atoms with Crippen LogP contribution in [0.5, 0.6) is 0 Å². The summed E-state index contributed by atoms with van der Waals surface area (Å²) in [5, 5.41) is 0.994. The van der Waals surface area contributed by atoms with Gasteiger partial charge in [-0.2, -0.15) is 0 Å². The minimum Gasteiger partial charge on any atom is -0.376 e. The fourth-order valence-electron chi connectivity index (χ4n) is 1.86. The van der Waals surface area contributed by atoms with Crippen molar-refractivity contribution >= 4 is 14.0 Å². The van der Waals surface area contributed by atoms with Crippen LogP contribution in [-0.4, -0.2) is 41.3 Å². The highest BCUT2D eigenvalue weighted by Crippen LogP contribution is 2.11. The lowest BCUT2D eigenvalue weighted by atomic mass is 10.4. The molecule has 0 aliphatic heterocycles. The maximum absolute atomic E-state index is 6.02. The monoisotopic (exact) mass is 298 g/mol. The van der Waals surface area contributed by atoms with Gasteiger partial charge < -0.3 is 18.0 Å². The lowest BCUT2D eigenvalue weighted by molar-refractivity contribution is 0.0220. The molecule has 0 N–H and O–H groups in total. The smallest absolute Gasteiger partial charge is 0.376 e. The topological polar surface area (TPSA) is 36.9 Å². The Morgan fingerprint density at radius 2 is 1.50 bits per heavy atom. The van der Waals surface area contributed by atoms with Crippen LogP contribution in [0.4, 0.5) is 0 Å². The average Bonchev–Trinajstić information content (AvgIpc) is 2.44. The summed E-state index contributed by atoms with van der Waals surface area (Å²) in [4.78, 5) is 0. The second-order valence-electron chi connectivity index (χ2n) is 4.56. The van der Waals surface area contributed by atoms with Crippen molar-refractivity contribution in [2.45, 2.75) is 33.8 Å². The maximum Gasteiger partial charge on any atom is 0.537 e. The van der Waals surface area contributed by atoms with Gasteiger partial charge in [0.2, 0.25) is 0 Å². The second-order valence-corrected chi connectivity index (χ2v) is 7.11. The standard InChI is InChI=1S/C15H26O4Si/c1-5-17-20(18-6-2,15-10-8-7-9-11-15)19-13-12-16-14(3)4/h7-11,14H,5-6,12-13H2,1-4H3. The van der Waals surface area contributed by atoms with E-state index < -0.39 is 8.80 Å². The molecule has 1 rings (SSSR count).